The van der Waals surface area contributed by atoms with Gasteiger partial charge in [-0.2, -0.15) is 0 Å². The summed E-state index contributed by atoms with van der Waals surface area (Å²) in [7, 11) is 0. The van der Waals surface area contributed by atoms with Gasteiger partial charge in [-0.3, -0.25) is 4.79 Å². The van der Waals surface area contributed by atoms with Crippen LogP contribution >= 0.6 is 0 Å². The van der Waals surface area contributed by atoms with Gasteiger partial charge in [0.25, 0.3) is 0 Å². The number of unbranched alkanes of at least 4 members (excludes halogenated alkanes) is 23. The fraction of sp³-hybridized carbons (Fsp3) is 0.722. The van der Waals surface area contributed by atoms with Crippen molar-refractivity contribution < 1.29 is 15.0 Å². The SMILES string of the molecule is CC/C=C\C/C=C\C/C=C\C/C=C\C/C=C\C/C=C\C/C=C\CCCCCCCCCCCCCCCCCCCC(=O)NC(CO)C(O)CCCCCCCCC. The maximum atomic E-state index is 12.3. The van der Waals surface area contributed by atoms with Crippen molar-refractivity contribution in [1.29, 1.82) is 0 Å². The molecule has 0 aliphatic carbocycles. The second-order valence-electron chi connectivity index (χ2n) is 16.5. The van der Waals surface area contributed by atoms with Crippen LogP contribution in [0.5, 0.6) is 0 Å². The van der Waals surface area contributed by atoms with Crippen molar-refractivity contribution in [2.75, 3.05) is 6.61 Å². The standard InChI is InChI=1S/C54H95NO3/c1-3-5-7-9-11-12-13-14-15-16-17-18-19-20-21-22-23-24-25-26-27-28-29-30-31-32-33-34-35-36-37-38-39-40-41-42-44-46-48-50-54(58)55-52(51-56)53(57)49-47-45-43-10-8-6-4-2/h5,7,11-12,14-15,17-18,20-21,23-24,26-27,52-53,56-57H,3-4,6,8-10,13,16,19,22,25,28-51H2,1-2H3,(H,55,58)/b7-5-,12-11-,15-14-,18-17-,21-20-,24-23-,27-26-. The first kappa shape index (κ1) is 55.6. The maximum Gasteiger partial charge on any atom is 0.220 e. The van der Waals surface area contributed by atoms with Crippen molar-refractivity contribution in [2.45, 2.75) is 244 Å². The third-order valence-electron chi connectivity index (χ3n) is 10.9. The summed E-state index contributed by atoms with van der Waals surface area (Å²) < 4.78 is 0. The van der Waals surface area contributed by atoms with Crippen LogP contribution in [0, 0.1) is 0 Å². The van der Waals surface area contributed by atoms with E-state index in [0.29, 0.717) is 12.8 Å². The zero-order chi connectivity index (χ0) is 42.1. The maximum absolute atomic E-state index is 12.3. The lowest BCUT2D eigenvalue weighted by atomic mass is 10.0. The summed E-state index contributed by atoms with van der Waals surface area (Å²) in [6, 6.07) is -0.535. The number of carbonyl (C=O) groups is 1. The second kappa shape index (κ2) is 48.9. The Hall–Kier alpha value is -2.43. The Bertz CT molecular complexity index is 1050. The monoisotopic (exact) mass is 806 g/mol. The molecule has 0 aromatic rings. The molecule has 0 spiro atoms. The van der Waals surface area contributed by atoms with Gasteiger partial charge in [0, 0.05) is 6.42 Å². The van der Waals surface area contributed by atoms with Crippen molar-refractivity contribution in [1.82, 2.24) is 5.32 Å². The molecule has 0 heterocycles. The molecule has 0 aromatic carbocycles. The molecule has 0 aromatic heterocycles. The minimum Gasteiger partial charge on any atom is -0.394 e. The lowest BCUT2D eigenvalue weighted by Gasteiger charge is -2.22. The fourth-order valence-corrected chi connectivity index (χ4v) is 7.16. The van der Waals surface area contributed by atoms with Crippen molar-refractivity contribution in [2.24, 2.45) is 0 Å². The van der Waals surface area contributed by atoms with Crippen LogP contribution in [-0.4, -0.2) is 34.9 Å². The molecule has 4 nitrogen and oxygen atoms in total. The van der Waals surface area contributed by atoms with Gasteiger partial charge >= 0.3 is 0 Å². The molecular formula is C54H95NO3. The van der Waals surface area contributed by atoms with Crippen molar-refractivity contribution in [3.8, 4) is 0 Å². The van der Waals surface area contributed by atoms with Crippen LogP contribution in [0.2, 0.25) is 0 Å². The van der Waals surface area contributed by atoms with Crippen LogP contribution in [0.15, 0.2) is 85.1 Å². The first-order valence-corrected chi connectivity index (χ1v) is 24.8. The van der Waals surface area contributed by atoms with Gasteiger partial charge in [0.1, 0.15) is 0 Å². The number of aliphatic hydroxyl groups excluding tert-OH is 2. The summed E-state index contributed by atoms with van der Waals surface area (Å²) in [5.74, 6) is -0.0370. The van der Waals surface area contributed by atoms with Gasteiger partial charge in [0.05, 0.1) is 18.8 Å². The van der Waals surface area contributed by atoms with E-state index < -0.39 is 12.1 Å². The number of aliphatic hydroxyl groups is 2. The first-order chi connectivity index (χ1) is 28.7. The second-order valence-corrected chi connectivity index (χ2v) is 16.5. The predicted molar refractivity (Wildman–Crippen MR) is 257 cm³/mol. The summed E-state index contributed by atoms with van der Waals surface area (Å²) in [6.07, 6.45) is 71.4. The summed E-state index contributed by atoms with van der Waals surface area (Å²) in [5.41, 5.74) is 0. The van der Waals surface area contributed by atoms with Crippen LogP contribution < -0.4 is 5.32 Å². The summed E-state index contributed by atoms with van der Waals surface area (Å²) >= 11 is 0. The molecule has 334 valence electrons. The molecule has 3 N–H and O–H groups in total. The van der Waals surface area contributed by atoms with Crippen LogP contribution in [0.3, 0.4) is 0 Å². The quantitative estimate of drug-likeness (QED) is 0.0424. The van der Waals surface area contributed by atoms with Gasteiger partial charge in [-0.1, -0.05) is 240 Å². The molecule has 4 heteroatoms. The number of hydrogen-bond acceptors (Lipinski definition) is 3. The van der Waals surface area contributed by atoms with Crippen LogP contribution in [0.4, 0.5) is 0 Å². The molecule has 0 fully saturated rings. The predicted octanol–water partition coefficient (Wildman–Crippen LogP) is 16.0. The molecule has 0 aliphatic rings. The van der Waals surface area contributed by atoms with Crippen LogP contribution in [0.25, 0.3) is 0 Å². The smallest absolute Gasteiger partial charge is 0.220 e. The van der Waals surface area contributed by atoms with Gasteiger partial charge in [-0.05, 0) is 70.6 Å². The molecule has 2 unspecified atom stereocenters. The van der Waals surface area contributed by atoms with Gasteiger partial charge in [0.2, 0.25) is 5.91 Å². The van der Waals surface area contributed by atoms with Crippen molar-refractivity contribution in [3.63, 3.8) is 0 Å². The lowest BCUT2D eigenvalue weighted by molar-refractivity contribution is -0.123. The Morgan fingerprint density at radius 3 is 1.14 bits per heavy atom. The molecule has 2 atom stereocenters. The fourth-order valence-electron chi connectivity index (χ4n) is 7.16. The molecule has 0 saturated carbocycles. The third-order valence-corrected chi connectivity index (χ3v) is 10.9. The zero-order valence-electron chi connectivity index (χ0n) is 38.3. The normalized spacial score (nSPS) is 13.7. The van der Waals surface area contributed by atoms with E-state index in [1.807, 2.05) is 0 Å². The highest BCUT2D eigenvalue weighted by molar-refractivity contribution is 5.76. The average Bonchev–Trinajstić information content (AvgIpc) is 3.23. The molecular weight excluding hydrogens is 711 g/mol. The number of allylic oxidation sites excluding steroid dienone is 14. The van der Waals surface area contributed by atoms with Crippen molar-refractivity contribution in [3.05, 3.63) is 85.1 Å². The molecule has 58 heavy (non-hydrogen) atoms. The Kier molecular flexibility index (Phi) is 46.9. The van der Waals surface area contributed by atoms with E-state index in [-0.39, 0.29) is 12.5 Å². The summed E-state index contributed by atoms with van der Waals surface area (Å²) in [6.45, 7) is 4.20. The van der Waals surface area contributed by atoms with E-state index in [0.717, 1.165) is 70.6 Å². The number of rotatable bonds is 44. The Labute approximate surface area is 361 Å². The van der Waals surface area contributed by atoms with Gasteiger partial charge < -0.3 is 15.5 Å². The highest BCUT2D eigenvalue weighted by Gasteiger charge is 2.20. The lowest BCUT2D eigenvalue weighted by Crippen LogP contribution is -2.45. The molecule has 0 rings (SSSR count). The van der Waals surface area contributed by atoms with Crippen LogP contribution in [0.1, 0.15) is 232 Å². The van der Waals surface area contributed by atoms with E-state index in [9.17, 15) is 15.0 Å². The Morgan fingerprint density at radius 2 is 0.759 bits per heavy atom. The largest absolute Gasteiger partial charge is 0.394 e. The van der Waals surface area contributed by atoms with E-state index in [1.54, 1.807) is 0 Å². The van der Waals surface area contributed by atoms with Crippen LogP contribution in [-0.2, 0) is 4.79 Å². The number of nitrogens with one attached hydrogen (secondary N) is 1. The van der Waals surface area contributed by atoms with Crippen molar-refractivity contribution >= 4 is 5.91 Å². The minimum absolute atomic E-state index is 0.0370. The highest BCUT2D eigenvalue weighted by Crippen LogP contribution is 2.16. The van der Waals surface area contributed by atoms with Gasteiger partial charge in [-0.15, -0.1) is 0 Å². The van der Waals surface area contributed by atoms with E-state index in [1.165, 1.54) is 135 Å². The molecule has 0 saturated heterocycles. The number of amides is 1. The summed E-state index contributed by atoms with van der Waals surface area (Å²) in [4.78, 5) is 12.3. The Balaban J connectivity index is 3.44. The summed E-state index contributed by atoms with van der Waals surface area (Å²) in [5, 5.41) is 23.0. The van der Waals surface area contributed by atoms with Gasteiger partial charge in [0.15, 0.2) is 0 Å². The average molecular weight is 806 g/mol. The minimum atomic E-state index is -0.658. The van der Waals surface area contributed by atoms with E-state index in [2.05, 4.69) is 104 Å². The van der Waals surface area contributed by atoms with E-state index >= 15 is 0 Å². The number of hydrogen-bond donors (Lipinski definition) is 3. The van der Waals surface area contributed by atoms with E-state index in [4.69, 9.17) is 0 Å². The zero-order valence-corrected chi connectivity index (χ0v) is 38.3. The Morgan fingerprint density at radius 1 is 0.431 bits per heavy atom. The topological polar surface area (TPSA) is 69.6 Å². The molecule has 0 aliphatic heterocycles. The number of carbonyl (C=O) groups excluding carboxylic acids is 1. The highest BCUT2D eigenvalue weighted by atomic mass is 16.3. The molecule has 0 radical (unpaired) electrons. The first-order valence-electron chi connectivity index (χ1n) is 24.8. The van der Waals surface area contributed by atoms with Gasteiger partial charge in [-0.25, -0.2) is 0 Å². The third kappa shape index (κ3) is 44.7. The molecule has 0 bridgehead atoms. The molecule has 1 amide bonds.